The molecule has 4 nitrogen and oxygen atoms in total. The Balaban J connectivity index is 1.48. The fraction of sp³-hybridized carbons (Fsp3) is 0.529. The minimum atomic E-state index is -0.108. The first-order valence-electron chi connectivity index (χ1n) is 7.77. The molecule has 2 fully saturated rings. The van der Waals surface area contributed by atoms with Crippen molar-refractivity contribution in [2.45, 2.75) is 32.7 Å². The normalized spacial score (nSPS) is 24.0. The van der Waals surface area contributed by atoms with Crippen LogP contribution in [0.4, 0.5) is 0 Å². The van der Waals surface area contributed by atoms with Gasteiger partial charge in [0.05, 0.1) is 11.8 Å². The summed E-state index contributed by atoms with van der Waals surface area (Å²) in [7, 11) is 0. The summed E-state index contributed by atoms with van der Waals surface area (Å²) in [6.07, 6.45) is 2.92. The van der Waals surface area contributed by atoms with Crippen molar-refractivity contribution < 1.29 is 9.59 Å². The highest BCUT2D eigenvalue weighted by atomic mass is 16.2. The minimum absolute atomic E-state index is 0.0223. The largest absolute Gasteiger partial charge is 0.352 e. The highest BCUT2D eigenvalue weighted by Gasteiger charge is 2.49. The molecule has 3 rings (SSSR count). The Labute approximate surface area is 125 Å². The maximum atomic E-state index is 12.2. The summed E-state index contributed by atoms with van der Waals surface area (Å²) < 4.78 is 0. The lowest BCUT2D eigenvalue weighted by Gasteiger charge is -2.14. The van der Waals surface area contributed by atoms with Crippen LogP contribution in [-0.2, 0) is 16.1 Å². The van der Waals surface area contributed by atoms with E-state index in [4.69, 9.17) is 0 Å². The summed E-state index contributed by atoms with van der Waals surface area (Å²) >= 11 is 0. The van der Waals surface area contributed by atoms with Gasteiger partial charge in [-0.25, -0.2) is 0 Å². The molecule has 0 radical (unpaired) electrons. The third-order valence-electron chi connectivity index (χ3n) is 4.41. The van der Waals surface area contributed by atoms with E-state index in [2.05, 4.69) is 11.4 Å². The monoisotopic (exact) mass is 286 g/mol. The molecular formula is C17H22N2O2. The Morgan fingerprint density at radius 3 is 2.71 bits per heavy atom. The molecule has 1 N–H and O–H groups in total. The third-order valence-corrected chi connectivity index (χ3v) is 4.41. The quantitative estimate of drug-likeness (QED) is 0.918. The summed E-state index contributed by atoms with van der Waals surface area (Å²) in [5, 5.41) is 2.95. The topological polar surface area (TPSA) is 49.4 Å². The number of amides is 2. The Morgan fingerprint density at radius 1 is 1.24 bits per heavy atom. The molecule has 1 aliphatic carbocycles. The van der Waals surface area contributed by atoms with Crippen LogP contribution >= 0.6 is 0 Å². The summed E-state index contributed by atoms with van der Waals surface area (Å²) in [4.78, 5) is 26.2. The van der Waals surface area contributed by atoms with Gasteiger partial charge in [-0.1, -0.05) is 29.8 Å². The number of nitrogens with zero attached hydrogens (tertiary/aromatic N) is 1. The zero-order valence-electron chi connectivity index (χ0n) is 12.5. The van der Waals surface area contributed by atoms with E-state index in [9.17, 15) is 9.59 Å². The molecule has 2 unspecified atom stereocenters. The number of hydrogen-bond acceptors (Lipinski definition) is 2. The van der Waals surface area contributed by atoms with Crippen LogP contribution < -0.4 is 5.32 Å². The van der Waals surface area contributed by atoms with E-state index in [0.29, 0.717) is 6.54 Å². The molecule has 1 aliphatic heterocycles. The number of carbonyl (C=O) groups is 2. The van der Waals surface area contributed by atoms with Crippen LogP contribution in [0.5, 0.6) is 0 Å². The van der Waals surface area contributed by atoms with Crippen molar-refractivity contribution in [1.82, 2.24) is 10.2 Å². The van der Waals surface area contributed by atoms with Gasteiger partial charge in [0.15, 0.2) is 0 Å². The van der Waals surface area contributed by atoms with E-state index >= 15 is 0 Å². The second-order valence-corrected chi connectivity index (χ2v) is 6.19. The second kappa shape index (κ2) is 5.88. The molecule has 1 heterocycles. The van der Waals surface area contributed by atoms with Crippen molar-refractivity contribution in [2.24, 2.45) is 11.8 Å². The van der Waals surface area contributed by atoms with Crippen LogP contribution in [0.15, 0.2) is 24.3 Å². The number of hydrogen-bond donors (Lipinski definition) is 1. The summed E-state index contributed by atoms with van der Waals surface area (Å²) in [5.74, 6) is 0.0285. The minimum Gasteiger partial charge on any atom is -0.352 e. The predicted octanol–water partition coefficient (Wildman–Crippen LogP) is 1.87. The SMILES string of the molecule is Cc1cccc(CNC(=O)C2CC2C(=O)N2CCCC2)c1. The molecule has 1 aromatic carbocycles. The molecule has 1 saturated carbocycles. The summed E-state index contributed by atoms with van der Waals surface area (Å²) in [5.41, 5.74) is 2.29. The number of rotatable bonds is 4. The molecule has 2 amide bonds. The molecule has 112 valence electrons. The third kappa shape index (κ3) is 3.26. The van der Waals surface area contributed by atoms with Gasteiger partial charge in [0, 0.05) is 19.6 Å². The Morgan fingerprint density at radius 2 is 2.00 bits per heavy atom. The first kappa shape index (κ1) is 14.1. The smallest absolute Gasteiger partial charge is 0.226 e. The first-order valence-corrected chi connectivity index (χ1v) is 7.77. The number of aryl methyl sites for hydroxylation is 1. The Kier molecular flexibility index (Phi) is 3.95. The van der Waals surface area contributed by atoms with Gasteiger partial charge in [-0.3, -0.25) is 9.59 Å². The molecule has 0 aromatic heterocycles. The lowest BCUT2D eigenvalue weighted by atomic mass is 10.1. The molecule has 0 spiro atoms. The molecule has 21 heavy (non-hydrogen) atoms. The number of nitrogens with one attached hydrogen (secondary N) is 1. The van der Waals surface area contributed by atoms with Crippen LogP contribution in [0.3, 0.4) is 0 Å². The van der Waals surface area contributed by atoms with E-state index in [-0.39, 0.29) is 23.7 Å². The standard InChI is InChI=1S/C17H22N2O2/c1-12-5-4-6-13(9-12)11-18-16(20)14-10-15(14)17(21)19-7-2-3-8-19/h4-6,9,14-15H,2-3,7-8,10-11H2,1H3,(H,18,20). The molecule has 2 aliphatic rings. The lowest BCUT2D eigenvalue weighted by molar-refractivity contribution is -0.133. The van der Waals surface area contributed by atoms with Crippen molar-refractivity contribution >= 4 is 11.8 Å². The predicted molar refractivity (Wildman–Crippen MR) is 80.4 cm³/mol. The fourth-order valence-electron chi connectivity index (χ4n) is 3.07. The highest BCUT2D eigenvalue weighted by Crippen LogP contribution is 2.40. The maximum absolute atomic E-state index is 12.2. The van der Waals surface area contributed by atoms with E-state index in [1.165, 1.54) is 5.56 Å². The molecule has 1 saturated heterocycles. The zero-order chi connectivity index (χ0) is 14.8. The van der Waals surface area contributed by atoms with Crippen molar-refractivity contribution in [3.05, 3.63) is 35.4 Å². The molecule has 2 atom stereocenters. The molecular weight excluding hydrogens is 264 g/mol. The molecule has 4 heteroatoms. The van der Waals surface area contributed by atoms with Crippen LogP contribution in [-0.4, -0.2) is 29.8 Å². The van der Waals surface area contributed by atoms with Crippen LogP contribution in [0.25, 0.3) is 0 Å². The van der Waals surface area contributed by atoms with E-state index in [1.54, 1.807) is 0 Å². The number of benzene rings is 1. The molecule has 0 bridgehead atoms. The van der Waals surface area contributed by atoms with Crippen LogP contribution in [0.1, 0.15) is 30.4 Å². The first-order chi connectivity index (χ1) is 10.1. The zero-order valence-corrected chi connectivity index (χ0v) is 12.5. The average molecular weight is 286 g/mol. The van der Waals surface area contributed by atoms with Gasteiger partial charge in [0.2, 0.25) is 11.8 Å². The second-order valence-electron chi connectivity index (χ2n) is 6.19. The molecule has 1 aromatic rings. The Bertz CT molecular complexity index is 549. The van der Waals surface area contributed by atoms with Crippen molar-refractivity contribution in [3.63, 3.8) is 0 Å². The lowest BCUT2D eigenvalue weighted by Crippen LogP contribution is -2.32. The fourth-order valence-corrected chi connectivity index (χ4v) is 3.07. The van der Waals surface area contributed by atoms with Crippen molar-refractivity contribution in [1.29, 1.82) is 0 Å². The van der Waals surface area contributed by atoms with Gasteiger partial charge < -0.3 is 10.2 Å². The number of likely N-dealkylation sites (tertiary alicyclic amines) is 1. The Hall–Kier alpha value is -1.84. The van der Waals surface area contributed by atoms with E-state index in [0.717, 1.165) is 37.9 Å². The average Bonchev–Trinajstić information content (AvgIpc) is 3.09. The van der Waals surface area contributed by atoms with Gasteiger partial charge >= 0.3 is 0 Å². The van der Waals surface area contributed by atoms with Gasteiger partial charge in [-0.05, 0) is 31.7 Å². The van der Waals surface area contributed by atoms with Gasteiger partial charge in [-0.2, -0.15) is 0 Å². The van der Waals surface area contributed by atoms with Crippen molar-refractivity contribution in [2.75, 3.05) is 13.1 Å². The van der Waals surface area contributed by atoms with Gasteiger partial charge in [0.1, 0.15) is 0 Å². The summed E-state index contributed by atoms with van der Waals surface area (Å²) in [6, 6.07) is 8.11. The summed E-state index contributed by atoms with van der Waals surface area (Å²) in [6.45, 7) is 4.32. The van der Waals surface area contributed by atoms with Crippen LogP contribution in [0, 0.1) is 18.8 Å². The van der Waals surface area contributed by atoms with Crippen molar-refractivity contribution in [3.8, 4) is 0 Å². The van der Waals surface area contributed by atoms with Gasteiger partial charge in [-0.15, -0.1) is 0 Å². The number of carbonyl (C=O) groups excluding carboxylic acids is 2. The van der Waals surface area contributed by atoms with Gasteiger partial charge in [0.25, 0.3) is 0 Å². The van der Waals surface area contributed by atoms with Crippen LogP contribution in [0.2, 0.25) is 0 Å². The maximum Gasteiger partial charge on any atom is 0.226 e. The highest BCUT2D eigenvalue weighted by molar-refractivity contribution is 5.92. The van der Waals surface area contributed by atoms with E-state index < -0.39 is 0 Å². The van der Waals surface area contributed by atoms with E-state index in [1.807, 2.05) is 30.0 Å².